The lowest BCUT2D eigenvalue weighted by Gasteiger charge is -2.62. The molecular weight excluding hydrogens is 294 g/mol. The molecule has 5 rings (SSSR count). The van der Waals surface area contributed by atoms with Crippen LogP contribution < -0.4 is 9.47 Å². The molecule has 1 saturated carbocycles. The first kappa shape index (κ1) is 7.11. The molecule has 2 bridgehead atoms. The van der Waals surface area contributed by atoms with E-state index < -0.39 is 78.7 Å². The van der Waals surface area contributed by atoms with Crippen LogP contribution in [0.3, 0.4) is 0 Å². The van der Waals surface area contributed by atoms with Crippen LogP contribution in [0.15, 0.2) is 12.1 Å². The van der Waals surface area contributed by atoms with Gasteiger partial charge in [-0.2, -0.15) is 0 Å². The van der Waals surface area contributed by atoms with Gasteiger partial charge >= 0.3 is 0 Å². The molecule has 2 heterocycles. The van der Waals surface area contributed by atoms with Gasteiger partial charge in [0.25, 0.3) is 0 Å². The van der Waals surface area contributed by atoms with Crippen molar-refractivity contribution >= 4 is 5.78 Å². The van der Waals surface area contributed by atoms with Crippen molar-refractivity contribution in [2.24, 2.45) is 0 Å². The van der Waals surface area contributed by atoms with E-state index in [9.17, 15) is 9.90 Å². The molecule has 1 saturated heterocycles. The number of benzene rings is 1. The zero-order valence-corrected chi connectivity index (χ0v) is 12.3. The quantitative estimate of drug-likeness (QED) is 0.836. The Morgan fingerprint density at radius 1 is 1.61 bits per heavy atom. The van der Waals surface area contributed by atoms with Crippen LogP contribution in [0.25, 0.3) is 0 Å². The first-order chi connectivity index (χ1) is 14.9. The van der Waals surface area contributed by atoms with Crippen molar-refractivity contribution in [2.75, 3.05) is 20.6 Å². The summed E-state index contributed by atoms with van der Waals surface area (Å²) in [5, 5.41) is 12.1. The maximum Gasteiger partial charge on any atom is 0.174 e. The summed E-state index contributed by atoms with van der Waals surface area (Å²) in [6.07, 6.45) is -9.02. The molecule has 23 heavy (non-hydrogen) atoms. The zero-order chi connectivity index (χ0) is 24.7. The van der Waals surface area contributed by atoms with Crippen molar-refractivity contribution in [1.29, 1.82) is 0 Å². The highest BCUT2D eigenvalue weighted by molar-refractivity contribution is 5.90. The molecule has 4 atom stereocenters. The number of Topliss-reactive ketones (excluding diaryl/α,β-unsaturated/α-hetero) is 1. The van der Waals surface area contributed by atoms with E-state index in [1.807, 2.05) is 0 Å². The lowest BCUT2D eigenvalue weighted by Crippen LogP contribution is -2.76. The molecule has 0 amide bonds. The van der Waals surface area contributed by atoms with Crippen LogP contribution in [0.2, 0.25) is 0 Å². The van der Waals surface area contributed by atoms with Gasteiger partial charge in [0.2, 0.25) is 0 Å². The molecule has 5 nitrogen and oxygen atoms in total. The highest BCUT2D eigenvalue weighted by Gasteiger charge is 2.72. The molecule has 2 aliphatic carbocycles. The van der Waals surface area contributed by atoms with Gasteiger partial charge in [-0.3, -0.25) is 4.79 Å². The molecule has 2 fully saturated rings. The lowest BCUT2D eigenvalue weighted by molar-refractivity contribution is -0.185. The van der Waals surface area contributed by atoms with Gasteiger partial charge in [0.15, 0.2) is 23.4 Å². The van der Waals surface area contributed by atoms with Gasteiger partial charge < -0.3 is 19.5 Å². The Bertz CT molecular complexity index is 1120. The maximum absolute atomic E-state index is 13.3. The van der Waals surface area contributed by atoms with E-state index >= 15 is 0 Å². The van der Waals surface area contributed by atoms with E-state index in [0.717, 1.165) is 0 Å². The van der Waals surface area contributed by atoms with E-state index in [1.54, 1.807) is 0 Å². The van der Waals surface area contributed by atoms with Gasteiger partial charge in [0.05, 0.1) is 26.3 Å². The molecule has 5 heteroatoms. The molecule has 1 aromatic carbocycles. The van der Waals surface area contributed by atoms with Crippen molar-refractivity contribution in [3.8, 4) is 11.5 Å². The van der Waals surface area contributed by atoms with Crippen LogP contribution in [0.5, 0.6) is 11.5 Å². The number of aliphatic hydroxyl groups is 1. The molecule has 4 aliphatic rings. The molecule has 0 radical (unpaired) electrons. The fourth-order valence-corrected chi connectivity index (χ4v) is 4.54. The first-order valence-electron chi connectivity index (χ1n) is 12.4. The van der Waals surface area contributed by atoms with Crippen molar-refractivity contribution in [2.45, 2.75) is 48.7 Å². The highest BCUT2D eigenvalue weighted by atomic mass is 16.5. The summed E-state index contributed by atoms with van der Waals surface area (Å²) in [6.45, 7) is 0.108. The fraction of sp³-hybridized carbons (Fsp3) is 0.611. The van der Waals surface area contributed by atoms with Gasteiger partial charge in [-0.25, -0.2) is 0 Å². The number of methoxy groups -OCH3 is 1. The number of hydrogen-bond acceptors (Lipinski definition) is 5. The average molecular weight is 325 g/mol. The summed E-state index contributed by atoms with van der Waals surface area (Å²) in [5.41, 5.74) is -4.95. The third-order valence-corrected chi connectivity index (χ3v) is 5.58. The van der Waals surface area contributed by atoms with Gasteiger partial charge in [-0.1, -0.05) is 6.04 Å². The third kappa shape index (κ3) is 1.32. The van der Waals surface area contributed by atoms with Crippen LogP contribution in [0.4, 0.5) is 0 Å². The maximum atomic E-state index is 13.3. The molecule has 1 unspecified atom stereocenters. The predicted octanol–water partition coefficient (Wildman–Crippen LogP) is 1.05. The Labute approximate surface area is 149 Å². The lowest BCUT2D eigenvalue weighted by atomic mass is 9.49. The zero-order valence-electron chi connectivity index (χ0n) is 22.3. The van der Waals surface area contributed by atoms with E-state index in [-0.39, 0.29) is 24.1 Å². The summed E-state index contributed by atoms with van der Waals surface area (Å²) in [5.74, 6) is -2.64. The second-order valence-electron chi connectivity index (χ2n) is 6.48. The van der Waals surface area contributed by atoms with E-state index in [2.05, 4.69) is 0 Å². The van der Waals surface area contributed by atoms with E-state index in [4.69, 9.17) is 23.2 Å². The van der Waals surface area contributed by atoms with Crippen LogP contribution >= 0.6 is 0 Å². The van der Waals surface area contributed by atoms with Gasteiger partial charge in [-0.15, -0.1) is 0 Å². The number of carbonyl (C=O) groups excluding carboxylic acids is 1. The largest absolute Gasteiger partial charge is 0.493 e. The summed E-state index contributed by atoms with van der Waals surface area (Å²) < 4.78 is 93.2. The SMILES string of the molecule is [2H]c1c([2H])c2c3c(c1OC([2H])([2H])[2H])OC1([2H])C(=O)C([2H])([2H])C[C@@]4(O)[C@H](N(C)CC[C@]314)C2([2H])[2H]. The smallest absolute Gasteiger partial charge is 0.174 e. The Balaban J connectivity index is 1.98. The van der Waals surface area contributed by atoms with Crippen LogP contribution in [0.1, 0.15) is 44.0 Å². The third-order valence-electron chi connectivity index (χ3n) is 5.58. The number of ether oxygens (including phenoxy) is 2. The fourth-order valence-electron chi connectivity index (χ4n) is 4.54. The van der Waals surface area contributed by atoms with Crippen molar-refractivity contribution in [3.05, 3.63) is 23.2 Å². The number of ketones is 1. The van der Waals surface area contributed by atoms with Gasteiger partial charge in [-0.05, 0) is 44.4 Å². The Kier molecular flexibility index (Phi) is 1.26. The molecule has 122 valence electrons. The minimum absolute atomic E-state index is 0.108. The highest BCUT2D eigenvalue weighted by Crippen LogP contribution is 2.64. The predicted molar refractivity (Wildman–Crippen MR) is 83.0 cm³/mol. The van der Waals surface area contributed by atoms with Gasteiger partial charge in [0, 0.05) is 23.5 Å². The number of carbonyl (C=O) groups is 1. The monoisotopic (exact) mass is 325 g/mol. The standard InChI is InChI=1S/C18H21NO4/c1-19-8-7-17-14-10-3-4-12(22-2)15(14)23-16(17)11(20)5-6-18(17,21)13(19)9-10/h3-4,13,16,21H,5-9H2,1-2H3/t13-,16?,17+,18-/m1/s1/i2D3,3D,4D,5D2,9D2,16D. The van der Waals surface area contributed by atoms with Crippen molar-refractivity contribution in [3.63, 3.8) is 0 Å². The number of hydrogen-bond donors (Lipinski definition) is 1. The number of likely N-dealkylation sites (N-methyl/N-ethyl adjacent to an activating group) is 1. The molecule has 2 aliphatic heterocycles. The number of nitrogens with zero attached hydrogens (tertiary/aromatic N) is 1. The minimum atomic E-state index is -3.10. The normalized spacial score (nSPS) is 55.0. The van der Waals surface area contributed by atoms with Crippen molar-refractivity contribution in [1.82, 2.24) is 4.90 Å². The molecule has 1 aromatic rings. The van der Waals surface area contributed by atoms with E-state index in [1.165, 1.54) is 11.9 Å². The average Bonchev–Trinajstić information content (AvgIpc) is 2.90. The molecule has 0 aromatic heterocycles. The van der Waals surface area contributed by atoms with Crippen molar-refractivity contribution < 1.29 is 33.1 Å². The topological polar surface area (TPSA) is 59.0 Å². The number of rotatable bonds is 1. The molecular formula is C18H21NO4. The van der Waals surface area contributed by atoms with Crippen LogP contribution in [-0.4, -0.2) is 54.1 Å². The first-order valence-corrected chi connectivity index (χ1v) is 7.40. The molecule has 1 spiro atoms. The van der Waals surface area contributed by atoms with Crippen LogP contribution in [-0.2, 0) is 16.6 Å². The number of likely N-dealkylation sites (tertiary alicyclic amines) is 1. The Morgan fingerprint density at radius 3 is 3.30 bits per heavy atom. The Hall–Kier alpha value is -1.59. The van der Waals surface area contributed by atoms with Crippen LogP contribution in [0, 0.1) is 0 Å². The molecule has 1 N–H and O–H groups in total. The summed E-state index contributed by atoms with van der Waals surface area (Å²) in [6, 6.07) is -2.97. The number of piperidine rings is 1. The second-order valence-corrected chi connectivity index (χ2v) is 6.48. The summed E-state index contributed by atoms with van der Waals surface area (Å²) in [4.78, 5) is 14.8. The van der Waals surface area contributed by atoms with E-state index in [0.29, 0.717) is 0 Å². The second kappa shape index (κ2) is 4.08. The Morgan fingerprint density at radius 2 is 2.48 bits per heavy atom. The minimum Gasteiger partial charge on any atom is -0.493 e. The summed E-state index contributed by atoms with van der Waals surface area (Å²) in [7, 11) is -1.58. The summed E-state index contributed by atoms with van der Waals surface area (Å²) >= 11 is 0. The van der Waals surface area contributed by atoms with Gasteiger partial charge in [0.1, 0.15) is 0 Å².